The van der Waals surface area contributed by atoms with Crippen molar-refractivity contribution in [1.82, 2.24) is 5.32 Å². The standard InChI is InChI=1S/C17H17ClN2O3/c18-14-4-2-1-3-12(14)10-20-17(21)11-19-13-5-6-15-16(9-13)23-8-7-22-15/h1-6,9,19H,7-8,10-11H2,(H,20,21). The van der Waals surface area contributed by atoms with Gasteiger partial charge in [-0.1, -0.05) is 29.8 Å². The fourth-order valence-electron chi connectivity index (χ4n) is 2.23. The number of amides is 1. The Labute approximate surface area is 139 Å². The number of hydrogen-bond donors (Lipinski definition) is 2. The molecule has 2 aromatic carbocycles. The number of carbonyl (C=O) groups excluding carboxylic acids is 1. The molecule has 0 fully saturated rings. The molecule has 0 saturated heterocycles. The van der Waals surface area contributed by atoms with Gasteiger partial charge < -0.3 is 20.1 Å². The fraction of sp³-hybridized carbons (Fsp3) is 0.235. The van der Waals surface area contributed by atoms with E-state index in [1.54, 1.807) is 6.07 Å². The summed E-state index contributed by atoms with van der Waals surface area (Å²) in [6, 6.07) is 13.0. The SMILES string of the molecule is O=C(CNc1ccc2c(c1)OCCO2)NCc1ccccc1Cl. The van der Waals surface area contributed by atoms with Crippen LogP contribution in [-0.4, -0.2) is 25.7 Å². The average Bonchev–Trinajstić information content (AvgIpc) is 2.59. The largest absolute Gasteiger partial charge is 0.486 e. The molecule has 0 aromatic heterocycles. The Morgan fingerprint density at radius 3 is 2.70 bits per heavy atom. The molecule has 1 aliphatic rings. The number of fused-ring (bicyclic) bond motifs is 1. The third kappa shape index (κ3) is 4.07. The molecular formula is C17H17ClN2O3. The Balaban J connectivity index is 1.50. The van der Waals surface area contributed by atoms with E-state index in [1.165, 1.54) is 0 Å². The quantitative estimate of drug-likeness (QED) is 0.884. The van der Waals surface area contributed by atoms with Crippen LogP contribution in [0.2, 0.25) is 5.02 Å². The molecule has 0 bridgehead atoms. The van der Waals surface area contributed by atoms with E-state index in [0.717, 1.165) is 17.0 Å². The van der Waals surface area contributed by atoms with Gasteiger partial charge in [-0.05, 0) is 23.8 Å². The summed E-state index contributed by atoms with van der Waals surface area (Å²) in [4.78, 5) is 11.9. The minimum Gasteiger partial charge on any atom is -0.486 e. The number of ether oxygens (including phenoxy) is 2. The molecule has 0 radical (unpaired) electrons. The van der Waals surface area contributed by atoms with E-state index in [4.69, 9.17) is 21.1 Å². The first-order chi connectivity index (χ1) is 11.2. The molecule has 0 aliphatic carbocycles. The summed E-state index contributed by atoms with van der Waals surface area (Å²) in [6.45, 7) is 1.67. The van der Waals surface area contributed by atoms with Crippen molar-refractivity contribution >= 4 is 23.2 Å². The summed E-state index contributed by atoms with van der Waals surface area (Å²) in [7, 11) is 0. The van der Waals surface area contributed by atoms with Crippen LogP contribution in [0.25, 0.3) is 0 Å². The molecule has 3 rings (SSSR count). The minimum atomic E-state index is -0.111. The Morgan fingerprint density at radius 1 is 1.09 bits per heavy atom. The number of carbonyl (C=O) groups is 1. The maximum atomic E-state index is 11.9. The molecule has 0 unspecified atom stereocenters. The number of nitrogens with one attached hydrogen (secondary N) is 2. The van der Waals surface area contributed by atoms with E-state index in [1.807, 2.05) is 36.4 Å². The summed E-state index contributed by atoms with van der Waals surface area (Å²) >= 11 is 6.06. The molecular weight excluding hydrogens is 316 g/mol. The number of benzene rings is 2. The van der Waals surface area contributed by atoms with Crippen LogP contribution in [-0.2, 0) is 11.3 Å². The monoisotopic (exact) mass is 332 g/mol. The van der Waals surface area contributed by atoms with Gasteiger partial charge in [0.05, 0.1) is 6.54 Å². The highest BCUT2D eigenvalue weighted by Crippen LogP contribution is 2.32. The summed E-state index contributed by atoms with van der Waals surface area (Å²) in [6.07, 6.45) is 0. The normalized spacial score (nSPS) is 12.6. The fourth-order valence-corrected chi connectivity index (χ4v) is 2.44. The molecule has 5 nitrogen and oxygen atoms in total. The van der Waals surface area contributed by atoms with E-state index >= 15 is 0 Å². The van der Waals surface area contributed by atoms with Gasteiger partial charge >= 0.3 is 0 Å². The van der Waals surface area contributed by atoms with Crippen molar-refractivity contribution in [3.05, 3.63) is 53.1 Å². The second kappa shape index (κ2) is 7.24. The molecule has 0 atom stereocenters. The van der Waals surface area contributed by atoms with Gasteiger partial charge in [-0.3, -0.25) is 4.79 Å². The third-order valence-electron chi connectivity index (χ3n) is 3.43. The summed E-state index contributed by atoms with van der Waals surface area (Å²) in [5.41, 5.74) is 1.70. The van der Waals surface area contributed by atoms with Crippen LogP contribution in [0.5, 0.6) is 11.5 Å². The van der Waals surface area contributed by atoms with Crippen LogP contribution < -0.4 is 20.1 Å². The predicted molar refractivity (Wildman–Crippen MR) is 89.2 cm³/mol. The van der Waals surface area contributed by atoms with Crippen molar-refractivity contribution in [2.75, 3.05) is 25.1 Å². The summed E-state index contributed by atoms with van der Waals surface area (Å²) in [5, 5.41) is 6.54. The van der Waals surface area contributed by atoms with Crippen molar-refractivity contribution in [3.8, 4) is 11.5 Å². The second-order valence-corrected chi connectivity index (χ2v) is 5.49. The van der Waals surface area contributed by atoms with Crippen LogP contribution >= 0.6 is 11.6 Å². The summed E-state index contributed by atoms with van der Waals surface area (Å²) in [5.74, 6) is 1.31. The number of halogens is 1. The molecule has 23 heavy (non-hydrogen) atoms. The lowest BCUT2D eigenvalue weighted by Gasteiger charge is -2.19. The zero-order valence-electron chi connectivity index (χ0n) is 12.5. The smallest absolute Gasteiger partial charge is 0.239 e. The van der Waals surface area contributed by atoms with Crippen LogP contribution in [0.4, 0.5) is 5.69 Å². The van der Waals surface area contributed by atoms with Crippen molar-refractivity contribution in [2.45, 2.75) is 6.54 Å². The number of hydrogen-bond acceptors (Lipinski definition) is 4. The zero-order valence-corrected chi connectivity index (χ0v) is 13.2. The Kier molecular flexibility index (Phi) is 4.88. The van der Waals surface area contributed by atoms with Crippen molar-refractivity contribution in [3.63, 3.8) is 0 Å². The molecule has 120 valence electrons. The van der Waals surface area contributed by atoms with E-state index < -0.39 is 0 Å². The van der Waals surface area contributed by atoms with Gasteiger partial charge in [-0.2, -0.15) is 0 Å². The second-order valence-electron chi connectivity index (χ2n) is 5.08. The molecule has 1 heterocycles. The van der Waals surface area contributed by atoms with E-state index in [-0.39, 0.29) is 12.5 Å². The Hall–Kier alpha value is -2.40. The van der Waals surface area contributed by atoms with Crippen molar-refractivity contribution < 1.29 is 14.3 Å². The molecule has 0 saturated carbocycles. The van der Waals surface area contributed by atoms with Crippen molar-refractivity contribution in [1.29, 1.82) is 0 Å². The highest BCUT2D eigenvalue weighted by Gasteiger charge is 2.12. The van der Waals surface area contributed by atoms with Crippen LogP contribution in [0.15, 0.2) is 42.5 Å². The van der Waals surface area contributed by atoms with Gasteiger partial charge in [0, 0.05) is 23.3 Å². The molecule has 2 aromatic rings. The summed E-state index contributed by atoms with van der Waals surface area (Å²) < 4.78 is 11.0. The van der Waals surface area contributed by atoms with Gasteiger partial charge in [0.2, 0.25) is 5.91 Å². The zero-order chi connectivity index (χ0) is 16.1. The number of anilines is 1. The van der Waals surface area contributed by atoms with E-state index in [0.29, 0.717) is 30.5 Å². The highest BCUT2D eigenvalue weighted by atomic mass is 35.5. The van der Waals surface area contributed by atoms with Gasteiger partial charge in [0.15, 0.2) is 11.5 Å². The van der Waals surface area contributed by atoms with Gasteiger partial charge in [0.25, 0.3) is 0 Å². The lowest BCUT2D eigenvalue weighted by Crippen LogP contribution is -2.29. The molecule has 1 amide bonds. The lowest BCUT2D eigenvalue weighted by molar-refractivity contribution is -0.119. The first kappa shape index (κ1) is 15.5. The maximum absolute atomic E-state index is 11.9. The third-order valence-corrected chi connectivity index (χ3v) is 3.80. The van der Waals surface area contributed by atoms with Gasteiger partial charge in [0.1, 0.15) is 13.2 Å². The molecule has 1 aliphatic heterocycles. The number of rotatable bonds is 5. The average molecular weight is 333 g/mol. The highest BCUT2D eigenvalue weighted by molar-refractivity contribution is 6.31. The minimum absolute atomic E-state index is 0.111. The van der Waals surface area contributed by atoms with E-state index in [9.17, 15) is 4.79 Å². The predicted octanol–water partition coefficient (Wildman–Crippen LogP) is 2.84. The maximum Gasteiger partial charge on any atom is 0.239 e. The first-order valence-electron chi connectivity index (χ1n) is 7.36. The molecule has 2 N–H and O–H groups in total. The topological polar surface area (TPSA) is 59.6 Å². The lowest BCUT2D eigenvalue weighted by atomic mass is 10.2. The van der Waals surface area contributed by atoms with Gasteiger partial charge in [-0.25, -0.2) is 0 Å². The Bertz CT molecular complexity index is 706. The van der Waals surface area contributed by atoms with Crippen LogP contribution in [0, 0.1) is 0 Å². The van der Waals surface area contributed by atoms with Crippen LogP contribution in [0.1, 0.15) is 5.56 Å². The van der Waals surface area contributed by atoms with Gasteiger partial charge in [-0.15, -0.1) is 0 Å². The molecule has 6 heteroatoms. The van der Waals surface area contributed by atoms with Crippen LogP contribution in [0.3, 0.4) is 0 Å². The first-order valence-corrected chi connectivity index (χ1v) is 7.74. The molecule has 0 spiro atoms. The van der Waals surface area contributed by atoms with Crippen molar-refractivity contribution in [2.24, 2.45) is 0 Å². The van der Waals surface area contributed by atoms with E-state index in [2.05, 4.69) is 10.6 Å². The Morgan fingerprint density at radius 2 is 1.87 bits per heavy atom.